The van der Waals surface area contributed by atoms with Crippen LogP contribution in [0.5, 0.6) is 5.75 Å². The van der Waals surface area contributed by atoms with Gasteiger partial charge >= 0.3 is 0 Å². The average Bonchev–Trinajstić information content (AvgIpc) is 3.07. The summed E-state index contributed by atoms with van der Waals surface area (Å²) >= 11 is 7.19. The largest absolute Gasteiger partial charge is 0.496 e. The highest BCUT2D eigenvalue weighted by Crippen LogP contribution is 2.30. The van der Waals surface area contributed by atoms with E-state index in [0.29, 0.717) is 21.3 Å². The van der Waals surface area contributed by atoms with Crippen LogP contribution >= 0.6 is 22.9 Å². The fraction of sp³-hybridized carbons (Fsp3) is 0.190. The number of ether oxygens (including phenoxy) is 1. The SMILES string of the molecule is COc1cc(Cl)ccc1C(=O)NNC(=O)c1sc(-c2ccc(C)cc2C)nc1C. The van der Waals surface area contributed by atoms with Crippen molar-refractivity contribution in [3.63, 3.8) is 0 Å². The maximum absolute atomic E-state index is 12.6. The lowest BCUT2D eigenvalue weighted by molar-refractivity contribution is 0.0846. The number of halogens is 1. The topological polar surface area (TPSA) is 80.3 Å². The first kappa shape index (κ1) is 20.8. The molecule has 0 bridgehead atoms. The van der Waals surface area contributed by atoms with Crippen LogP contribution in [0.2, 0.25) is 5.02 Å². The van der Waals surface area contributed by atoms with E-state index in [9.17, 15) is 9.59 Å². The zero-order valence-corrected chi connectivity index (χ0v) is 18.0. The van der Waals surface area contributed by atoms with Crippen molar-refractivity contribution in [3.8, 4) is 16.3 Å². The maximum atomic E-state index is 12.6. The van der Waals surface area contributed by atoms with Crippen molar-refractivity contribution in [2.45, 2.75) is 20.8 Å². The van der Waals surface area contributed by atoms with Gasteiger partial charge in [-0.15, -0.1) is 11.3 Å². The van der Waals surface area contributed by atoms with Gasteiger partial charge in [0, 0.05) is 10.6 Å². The van der Waals surface area contributed by atoms with Crippen molar-refractivity contribution in [3.05, 3.63) is 68.7 Å². The number of benzene rings is 2. The maximum Gasteiger partial charge on any atom is 0.281 e. The monoisotopic (exact) mass is 429 g/mol. The van der Waals surface area contributed by atoms with E-state index in [0.717, 1.165) is 21.7 Å². The van der Waals surface area contributed by atoms with E-state index in [1.807, 2.05) is 26.0 Å². The summed E-state index contributed by atoms with van der Waals surface area (Å²) in [6, 6.07) is 10.7. The highest BCUT2D eigenvalue weighted by molar-refractivity contribution is 7.17. The Morgan fingerprint density at radius 1 is 1.03 bits per heavy atom. The lowest BCUT2D eigenvalue weighted by Crippen LogP contribution is -2.41. The molecule has 3 rings (SSSR count). The Labute approximate surface area is 177 Å². The quantitative estimate of drug-likeness (QED) is 0.599. The number of hydrazine groups is 1. The van der Waals surface area contributed by atoms with E-state index >= 15 is 0 Å². The molecule has 0 unspecified atom stereocenters. The molecule has 0 saturated carbocycles. The van der Waals surface area contributed by atoms with Gasteiger partial charge in [-0.05, 0) is 44.5 Å². The third-order valence-electron chi connectivity index (χ3n) is 4.31. The van der Waals surface area contributed by atoms with Crippen LogP contribution < -0.4 is 15.6 Å². The molecule has 0 atom stereocenters. The van der Waals surface area contributed by atoms with E-state index in [2.05, 4.69) is 21.9 Å². The van der Waals surface area contributed by atoms with Gasteiger partial charge in [0.05, 0.1) is 18.4 Å². The molecule has 1 aromatic heterocycles. The van der Waals surface area contributed by atoms with Crippen LogP contribution in [0.3, 0.4) is 0 Å². The molecule has 1 heterocycles. The number of thiazole rings is 1. The molecule has 29 heavy (non-hydrogen) atoms. The zero-order chi connectivity index (χ0) is 21.1. The molecule has 8 heteroatoms. The van der Waals surface area contributed by atoms with Crippen LogP contribution in [0.15, 0.2) is 36.4 Å². The number of amides is 2. The number of nitrogens with one attached hydrogen (secondary N) is 2. The second kappa shape index (κ2) is 8.63. The Balaban J connectivity index is 1.75. The third kappa shape index (κ3) is 4.58. The average molecular weight is 430 g/mol. The molecule has 0 aliphatic heterocycles. The number of methoxy groups -OCH3 is 1. The Kier molecular flexibility index (Phi) is 6.20. The van der Waals surface area contributed by atoms with Gasteiger partial charge in [-0.1, -0.05) is 35.4 Å². The Hall–Kier alpha value is -2.90. The van der Waals surface area contributed by atoms with Crippen molar-refractivity contribution in [2.75, 3.05) is 7.11 Å². The van der Waals surface area contributed by atoms with E-state index < -0.39 is 11.8 Å². The molecule has 0 aliphatic rings. The molecule has 0 radical (unpaired) electrons. The second-order valence-corrected chi connectivity index (χ2v) is 7.94. The Bertz CT molecular complexity index is 1090. The molecule has 2 aromatic carbocycles. The molecule has 2 amide bonds. The van der Waals surface area contributed by atoms with Crippen LogP contribution in [0, 0.1) is 20.8 Å². The van der Waals surface area contributed by atoms with E-state index in [1.54, 1.807) is 13.0 Å². The molecule has 0 spiro atoms. The van der Waals surface area contributed by atoms with Gasteiger partial charge in [0.25, 0.3) is 11.8 Å². The van der Waals surface area contributed by atoms with Gasteiger partial charge in [-0.25, -0.2) is 4.98 Å². The summed E-state index contributed by atoms with van der Waals surface area (Å²) < 4.78 is 5.16. The Morgan fingerprint density at radius 3 is 2.45 bits per heavy atom. The fourth-order valence-corrected chi connectivity index (χ4v) is 4.08. The summed E-state index contributed by atoms with van der Waals surface area (Å²) in [6.45, 7) is 5.81. The van der Waals surface area contributed by atoms with Crippen molar-refractivity contribution < 1.29 is 14.3 Å². The van der Waals surface area contributed by atoms with Crippen LogP contribution in [0.25, 0.3) is 10.6 Å². The lowest BCUT2D eigenvalue weighted by atomic mass is 10.1. The van der Waals surface area contributed by atoms with Gasteiger partial charge in [0.1, 0.15) is 15.6 Å². The van der Waals surface area contributed by atoms with Crippen molar-refractivity contribution >= 4 is 34.8 Å². The highest BCUT2D eigenvalue weighted by Gasteiger charge is 2.19. The predicted octanol–water partition coefficient (Wildman–Crippen LogP) is 4.47. The van der Waals surface area contributed by atoms with E-state index in [1.165, 1.54) is 30.6 Å². The molecule has 2 N–H and O–H groups in total. The minimum absolute atomic E-state index is 0.259. The summed E-state index contributed by atoms with van der Waals surface area (Å²) in [6.07, 6.45) is 0. The van der Waals surface area contributed by atoms with Crippen LogP contribution in [-0.4, -0.2) is 23.9 Å². The summed E-state index contributed by atoms with van der Waals surface area (Å²) in [5.74, 6) is -0.628. The number of aromatic nitrogens is 1. The van der Waals surface area contributed by atoms with Crippen molar-refractivity contribution in [2.24, 2.45) is 0 Å². The predicted molar refractivity (Wildman–Crippen MR) is 115 cm³/mol. The summed E-state index contributed by atoms with van der Waals surface area (Å²) in [7, 11) is 1.44. The van der Waals surface area contributed by atoms with Gasteiger partial charge in [-0.3, -0.25) is 20.4 Å². The highest BCUT2D eigenvalue weighted by atomic mass is 35.5. The number of hydrogen-bond acceptors (Lipinski definition) is 5. The fourth-order valence-electron chi connectivity index (χ4n) is 2.87. The minimum Gasteiger partial charge on any atom is -0.496 e. The third-order valence-corrected chi connectivity index (χ3v) is 5.74. The molecule has 0 aliphatic carbocycles. The lowest BCUT2D eigenvalue weighted by Gasteiger charge is -2.10. The number of carbonyl (C=O) groups is 2. The second-order valence-electron chi connectivity index (χ2n) is 6.50. The van der Waals surface area contributed by atoms with E-state index in [-0.39, 0.29) is 5.56 Å². The first-order valence-electron chi connectivity index (χ1n) is 8.79. The van der Waals surface area contributed by atoms with Gasteiger partial charge < -0.3 is 4.74 Å². The first-order chi connectivity index (χ1) is 13.8. The number of carbonyl (C=O) groups excluding carboxylic acids is 2. The molecule has 3 aromatic rings. The summed E-state index contributed by atoms with van der Waals surface area (Å²) in [5.41, 5.74) is 8.94. The van der Waals surface area contributed by atoms with Gasteiger partial charge in [0.2, 0.25) is 0 Å². The normalized spacial score (nSPS) is 10.5. The smallest absolute Gasteiger partial charge is 0.281 e. The van der Waals surface area contributed by atoms with E-state index in [4.69, 9.17) is 16.3 Å². The molecular formula is C21H20ClN3O3S. The number of nitrogens with zero attached hydrogens (tertiary/aromatic N) is 1. The summed E-state index contributed by atoms with van der Waals surface area (Å²) in [5, 5.41) is 1.21. The number of rotatable bonds is 4. The first-order valence-corrected chi connectivity index (χ1v) is 9.99. The van der Waals surface area contributed by atoms with Gasteiger partial charge in [-0.2, -0.15) is 0 Å². The zero-order valence-electron chi connectivity index (χ0n) is 16.4. The number of aryl methyl sites for hydroxylation is 3. The van der Waals surface area contributed by atoms with Crippen molar-refractivity contribution in [1.29, 1.82) is 0 Å². The molecular weight excluding hydrogens is 410 g/mol. The molecule has 0 fully saturated rings. The molecule has 150 valence electrons. The van der Waals surface area contributed by atoms with Crippen LogP contribution in [0.4, 0.5) is 0 Å². The Morgan fingerprint density at radius 2 is 1.76 bits per heavy atom. The van der Waals surface area contributed by atoms with Crippen molar-refractivity contribution in [1.82, 2.24) is 15.8 Å². The van der Waals surface area contributed by atoms with Crippen LogP contribution in [-0.2, 0) is 0 Å². The number of hydrogen-bond donors (Lipinski definition) is 2. The van der Waals surface area contributed by atoms with Gasteiger partial charge in [0.15, 0.2) is 0 Å². The van der Waals surface area contributed by atoms with Crippen LogP contribution in [0.1, 0.15) is 36.9 Å². The summed E-state index contributed by atoms with van der Waals surface area (Å²) in [4.78, 5) is 29.9. The standard InChI is InChI=1S/C21H20ClN3O3S/c1-11-5-7-15(12(2)9-11)21-23-13(3)18(29-21)20(27)25-24-19(26)16-8-6-14(22)10-17(16)28-4/h5-10H,1-4H3,(H,24,26)(H,25,27). The molecule has 0 saturated heterocycles. The minimum atomic E-state index is -0.511. The molecule has 6 nitrogen and oxygen atoms in total.